The molecule has 2 fully saturated rings. The van der Waals surface area contributed by atoms with Crippen molar-refractivity contribution in [1.29, 1.82) is 0 Å². The molecule has 0 aromatic heterocycles. The van der Waals surface area contributed by atoms with Crippen molar-refractivity contribution < 1.29 is 38.1 Å². The van der Waals surface area contributed by atoms with Crippen LogP contribution in [0.15, 0.2) is 84.9 Å². The molecule has 4 aromatic carbocycles. The minimum absolute atomic E-state index is 0.0895. The van der Waals surface area contributed by atoms with E-state index in [2.05, 4.69) is 59.3 Å². The van der Waals surface area contributed by atoms with Crippen molar-refractivity contribution in [2.45, 2.75) is 64.4 Å². The number of likely N-dealkylation sites (N-methyl/N-ethyl adjacent to an activating group) is 1. The van der Waals surface area contributed by atoms with Crippen LogP contribution in [-0.4, -0.2) is 113 Å². The van der Waals surface area contributed by atoms with E-state index in [-0.39, 0.29) is 12.0 Å². The largest absolute Gasteiger partial charge is 0.528 e. The number of fused-ring (bicyclic) bond motifs is 1. The molecule has 0 N–H and O–H groups in total. The SMILES string of the molecule is COc1ccccc1COCCCOc1ccc(C2CCN(OC(=O)OC(C)(C)C)CC2OCc2ccc3ccc(OCCN4CCN(C)CC4)cc3c2)cc1. The van der Waals surface area contributed by atoms with Crippen LogP contribution < -0.4 is 14.2 Å². The van der Waals surface area contributed by atoms with Crippen molar-refractivity contribution in [2.24, 2.45) is 0 Å². The van der Waals surface area contributed by atoms with E-state index in [9.17, 15) is 4.79 Å². The van der Waals surface area contributed by atoms with Crippen LogP contribution in [0.25, 0.3) is 10.8 Å². The smallest absolute Gasteiger partial charge is 0.496 e. The minimum Gasteiger partial charge on any atom is -0.496 e. The first-order valence-corrected chi connectivity index (χ1v) is 19.9. The Morgan fingerprint density at radius 1 is 0.786 bits per heavy atom. The zero-order chi connectivity index (χ0) is 39.3. The van der Waals surface area contributed by atoms with Gasteiger partial charge in [0.05, 0.1) is 46.2 Å². The average molecular weight is 770 g/mol. The van der Waals surface area contributed by atoms with Crippen molar-refractivity contribution in [2.75, 3.05) is 79.8 Å². The van der Waals surface area contributed by atoms with Crippen LogP contribution in [0.3, 0.4) is 0 Å². The van der Waals surface area contributed by atoms with Gasteiger partial charge in [-0.1, -0.05) is 48.5 Å². The number of methoxy groups -OCH3 is 1. The Bertz CT molecular complexity index is 1820. The summed E-state index contributed by atoms with van der Waals surface area (Å²) in [5.41, 5.74) is 2.59. The van der Waals surface area contributed by atoms with Crippen LogP contribution in [0.5, 0.6) is 17.2 Å². The number of carbonyl (C=O) groups is 1. The second kappa shape index (κ2) is 20.2. The first kappa shape index (κ1) is 41.2. The van der Waals surface area contributed by atoms with Crippen LogP contribution in [0.4, 0.5) is 4.79 Å². The first-order valence-electron chi connectivity index (χ1n) is 19.9. The molecule has 6 rings (SSSR count). The van der Waals surface area contributed by atoms with Gasteiger partial charge in [-0.15, -0.1) is 5.06 Å². The number of hydroxylamine groups is 2. The summed E-state index contributed by atoms with van der Waals surface area (Å²) >= 11 is 0. The van der Waals surface area contributed by atoms with E-state index in [4.69, 9.17) is 33.3 Å². The predicted molar refractivity (Wildman–Crippen MR) is 217 cm³/mol. The molecule has 11 nitrogen and oxygen atoms in total. The van der Waals surface area contributed by atoms with E-state index in [1.165, 1.54) is 0 Å². The fourth-order valence-electron chi connectivity index (χ4n) is 7.08. The fraction of sp³-hybridized carbons (Fsp3) is 0.489. The summed E-state index contributed by atoms with van der Waals surface area (Å²) in [6.07, 6.45) is 0.558. The molecule has 0 saturated carbocycles. The Hall–Kier alpha value is -4.39. The van der Waals surface area contributed by atoms with Gasteiger partial charge in [0.15, 0.2) is 0 Å². The molecular weight excluding hydrogens is 711 g/mol. The predicted octanol–water partition coefficient (Wildman–Crippen LogP) is 7.70. The monoisotopic (exact) mass is 769 g/mol. The molecule has 2 aliphatic heterocycles. The number of nitrogens with zero attached hydrogens (tertiary/aromatic N) is 3. The number of carbonyl (C=O) groups excluding carboxylic acids is 1. The number of hydrogen-bond acceptors (Lipinski definition) is 11. The molecule has 56 heavy (non-hydrogen) atoms. The van der Waals surface area contributed by atoms with Crippen molar-refractivity contribution in [1.82, 2.24) is 14.9 Å². The van der Waals surface area contributed by atoms with E-state index in [0.717, 1.165) is 90.3 Å². The lowest BCUT2D eigenvalue weighted by atomic mass is 9.87. The summed E-state index contributed by atoms with van der Waals surface area (Å²) in [6, 6.07) is 28.8. The molecule has 302 valence electrons. The molecular formula is C45H59N3O8. The third-order valence-corrected chi connectivity index (χ3v) is 10.2. The highest BCUT2D eigenvalue weighted by Crippen LogP contribution is 2.33. The highest BCUT2D eigenvalue weighted by Gasteiger charge is 2.34. The zero-order valence-corrected chi connectivity index (χ0v) is 33.7. The van der Waals surface area contributed by atoms with Crippen LogP contribution in [0.2, 0.25) is 0 Å². The van der Waals surface area contributed by atoms with Crippen molar-refractivity contribution in [3.05, 3.63) is 102 Å². The fourth-order valence-corrected chi connectivity index (χ4v) is 7.08. The number of benzene rings is 4. The molecule has 2 heterocycles. The third-order valence-electron chi connectivity index (χ3n) is 10.2. The second-order valence-electron chi connectivity index (χ2n) is 15.7. The summed E-state index contributed by atoms with van der Waals surface area (Å²) in [4.78, 5) is 23.0. The molecule has 0 spiro atoms. The van der Waals surface area contributed by atoms with Gasteiger partial charge in [0.1, 0.15) is 29.5 Å². The van der Waals surface area contributed by atoms with E-state index in [0.29, 0.717) is 46.1 Å². The molecule has 4 aromatic rings. The van der Waals surface area contributed by atoms with Crippen LogP contribution in [-0.2, 0) is 32.3 Å². The second-order valence-corrected chi connectivity index (χ2v) is 15.7. The maximum absolute atomic E-state index is 12.6. The van der Waals surface area contributed by atoms with Gasteiger partial charge >= 0.3 is 6.16 Å². The summed E-state index contributed by atoms with van der Waals surface area (Å²) in [7, 11) is 3.84. The molecule has 0 radical (unpaired) electrons. The van der Waals surface area contributed by atoms with Crippen molar-refractivity contribution in [3.63, 3.8) is 0 Å². The Balaban J connectivity index is 1.04. The zero-order valence-electron chi connectivity index (χ0n) is 33.7. The van der Waals surface area contributed by atoms with Crippen LogP contribution in [0, 0.1) is 0 Å². The lowest BCUT2D eigenvalue weighted by Crippen LogP contribution is -2.45. The van der Waals surface area contributed by atoms with Gasteiger partial charge in [0, 0.05) is 57.2 Å². The van der Waals surface area contributed by atoms with E-state index in [1.807, 2.05) is 63.2 Å². The minimum atomic E-state index is -0.711. The molecule has 2 unspecified atom stereocenters. The molecule has 2 saturated heterocycles. The summed E-state index contributed by atoms with van der Waals surface area (Å²) in [6.45, 7) is 14.4. The molecule has 2 atom stereocenters. The quantitative estimate of drug-likeness (QED) is 0.0782. The molecule has 0 bridgehead atoms. The molecule has 0 amide bonds. The van der Waals surface area contributed by atoms with Crippen LogP contribution >= 0.6 is 0 Å². The Kier molecular flexibility index (Phi) is 14.8. The Labute approximate surface area is 332 Å². The number of piperidine rings is 1. The highest BCUT2D eigenvalue weighted by molar-refractivity contribution is 5.84. The maximum Gasteiger partial charge on any atom is 0.528 e. The molecule has 2 aliphatic rings. The van der Waals surface area contributed by atoms with Gasteiger partial charge in [-0.05, 0) is 92.5 Å². The number of para-hydroxylation sites is 1. The van der Waals surface area contributed by atoms with Gasteiger partial charge < -0.3 is 38.2 Å². The van der Waals surface area contributed by atoms with Gasteiger partial charge in [-0.3, -0.25) is 4.90 Å². The number of piperazine rings is 1. The summed E-state index contributed by atoms with van der Waals surface area (Å²) in [5.74, 6) is 2.60. The number of hydrogen-bond donors (Lipinski definition) is 0. The number of ether oxygens (including phenoxy) is 6. The lowest BCUT2D eigenvalue weighted by Gasteiger charge is -2.37. The van der Waals surface area contributed by atoms with E-state index in [1.54, 1.807) is 12.2 Å². The maximum atomic E-state index is 12.6. The van der Waals surface area contributed by atoms with E-state index < -0.39 is 11.8 Å². The van der Waals surface area contributed by atoms with Crippen LogP contribution in [0.1, 0.15) is 56.2 Å². The highest BCUT2D eigenvalue weighted by atomic mass is 16.8. The summed E-state index contributed by atoms with van der Waals surface area (Å²) < 4.78 is 35.6. The topological polar surface area (TPSA) is 91.4 Å². The van der Waals surface area contributed by atoms with Gasteiger partial charge in [0.25, 0.3) is 0 Å². The number of rotatable bonds is 17. The summed E-state index contributed by atoms with van der Waals surface area (Å²) in [5, 5.41) is 3.92. The standard InChI is InChI=1S/C45H59N3O8/c1-45(2,3)55-44(49)56-48-20-19-41(36-14-16-39(17-15-36)52-27-8-26-51-33-37-9-6-7-10-42(37)50-5)43(31-48)54-32-34-11-12-35-13-18-40(30-38(35)29-34)53-28-25-47-23-21-46(4)22-24-47/h6-7,9-18,29-30,41,43H,8,19-28,31-33H2,1-5H3. The average Bonchev–Trinajstić information content (AvgIpc) is 3.19. The van der Waals surface area contributed by atoms with Gasteiger partial charge in [0.2, 0.25) is 0 Å². The Morgan fingerprint density at radius 3 is 2.32 bits per heavy atom. The Morgan fingerprint density at radius 2 is 1.54 bits per heavy atom. The third kappa shape index (κ3) is 12.6. The molecule has 0 aliphatic carbocycles. The van der Waals surface area contributed by atoms with Gasteiger partial charge in [-0.25, -0.2) is 4.79 Å². The van der Waals surface area contributed by atoms with Gasteiger partial charge in [-0.2, -0.15) is 0 Å². The van der Waals surface area contributed by atoms with Crippen molar-refractivity contribution >= 4 is 16.9 Å². The van der Waals surface area contributed by atoms with E-state index >= 15 is 0 Å². The first-order chi connectivity index (χ1) is 27.1. The van der Waals surface area contributed by atoms with Crippen molar-refractivity contribution in [3.8, 4) is 17.2 Å². The molecule has 11 heteroatoms. The lowest BCUT2D eigenvalue weighted by molar-refractivity contribution is -0.179. The normalized spacial score (nSPS) is 18.4.